The molecule has 0 spiro atoms. The molecule has 0 aliphatic carbocycles. The van der Waals surface area contributed by atoms with Crippen LogP contribution in [0.25, 0.3) is 0 Å². The minimum atomic E-state index is -4.33. The van der Waals surface area contributed by atoms with Crippen molar-refractivity contribution in [1.29, 1.82) is 0 Å². The summed E-state index contributed by atoms with van der Waals surface area (Å²) in [6.07, 6.45) is 3.33. The number of hydrogen-bond donors (Lipinski definition) is 2. The Morgan fingerprint density at radius 2 is 1.81 bits per heavy atom. The summed E-state index contributed by atoms with van der Waals surface area (Å²) in [4.78, 5) is 10.5. The van der Waals surface area contributed by atoms with Gasteiger partial charge in [0.25, 0.3) is 10.0 Å². The van der Waals surface area contributed by atoms with Gasteiger partial charge in [-0.05, 0) is 13.0 Å². The van der Waals surface area contributed by atoms with Crippen LogP contribution in [-0.2, 0) is 24.8 Å². The Bertz CT molecular complexity index is 670. The van der Waals surface area contributed by atoms with Crippen LogP contribution in [0.3, 0.4) is 0 Å². The predicted octanol–water partition coefficient (Wildman–Crippen LogP) is 0.741. The Hall–Kier alpha value is -1.45. The van der Waals surface area contributed by atoms with E-state index in [2.05, 4.69) is 6.58 Å². The third-order valence-corrected chi connectivity index (χ3v) is 4.94. The van der Waals surface area contributed by atoms with E-state index in [0.717, 1.165) is 6.08 Å². The molecule has 0 saturated heterocycles. The molecule has 9 heteroatoms. The summed E-state index contributed by atoms with van der Waals surface area (Å²) in [6.45, 7) is 7.91. The lowest BCUT2D eigenvalue weighted by Gasteiger charge is -2.13. The maximum absolute atomic E-state index is 12.2. The van der Waals surface area contributed by atoms with Crippen LogP contribution in [0.4, 0.5) is 0 Å². The summed E-state index contributed by atoms with van der Waals surface area (Å²) in [5, 5.41) is 5.04. The molecule has 0 aliphatic heterocycles. The molecule has 0 heterocycles. The maximum Gasteiger partial charge on any atom is 0.261 e. The maximum atomic E-state index is 12.2. The quantitative estimate of drug-likeness (QED) is 0.524. The van der Waals surface area contributed by atoms with Crippen LogP contribution in [0.15, 0.2) is 34.6 Å². The lowest BCUT2D eigenvalue weighted by Crippen LogP contribution is -2.35. The van der Waals surface area contributed by atoms with Gasteiger partial charge in [-0.2, -0.15) is 0 Å². The highest BCUT2D eigenvalue weighted by molar-refractivity contribution is 7.97. The molecule has 1 amide bonds. The zero-order chi connectivity index (χ0) is 16.8. The number of primary sulfonamides is 1. The van der Waals surface area contributed by atoms with Crippen LogP contribution in [0.2, 0.25) is 0 Å². The summed E-state index contributed by atoms with van der Waals surface area (Å²) >= 11 is 0. The topological polar surface area (TPSA) is 123 Å². The van der Waals surface area contributed by atoms with E-state index in [4.69, 9.17) is 5.14 Å². The van der Waals surface area contributed by atoms with Crippen LogP contribution in [0, 0.1) is 5.92 Å². The first-order valence-electron chi connectivity index (χ1n) is 6.03. The third-order valence-electron chi connectivity index (χ3n) is 2.31. The number of carbonyl (C=O) groups excluding carboxylic acids is 1. The fourth-order valence-electron chi connectivity index (χ4n) is 1.28. The molecule has 0 fully saturated rings. The summed E-state index contributed by atoms with van der Waals surface area (Å²) in [5.41, 5.74) is 0. The summed E-state index contributed by atoms with van der Waals surface area (Å²) < 4.78 is 49.4. The molecule has 0 unspecified atom stereocenters. The minimum Gasteiger partial charge on any atom is -0.274 e. The van der Waals surface area contributed by atoms with Gasteiger partial charge in [0, 0.05) is 12.3 Å². The molecular formula is C12H20N2O5S2. The van der Waals surface area contributed by atoms with Crippen LogP contribution >= 0.6 is 0 Å². The van der Waals surface area contributed by atoms with Crippen molar-refractivity contribution < 1.29 is 21.6 Å². The third kappa shape index (κ3) is 5.82. The average Bonchev–Trinajstić information content (AvgIpc) is 2.31. The normalized spacial score (nSPS) is 14.1. The van der Waals surface area contributed by atoms with Gasteiger partial charge >= 0.3 is 0 Å². The number of rotatable bonds is 7. The van der Waals surface area contributed by atoms with Gasteiger partial charge in [0.05, 0.1) is 9.81 Å². The summed E-state index contributed by atoms with van der Waals surface area (Å²) in [6, 6.07) is 0. The largest absolute Gasteiger partial charge is 0.274 e. The summed E-state index contributed by atoms with van der Waals surface area (Å²) in [7, 11) is -8.61. The van der Waals surface area contributed by atoms with E-state index < -0.39 is 41.7 Å². The molecular weight excluding hydrogens is 316 g/mol. The highest BCUT2D eigenvalue weighted by Crippen LogP contribution is 2.21. The number of sulfonamides is 2. The van der Waals surface area contributed by atoms with E-state index in [1.54, 1.807) is 0 Å². The number of hydrogen-bond acceptors (Lipinski definition) is 5. The van der Waals surface area contributed by atoms with Crippen LogP contribution in [-0.4, -0.2) is 22.7 Å². The SMILES string of the molecule is C=CC/C(=C(\C=C/C)S(N)(=O)=O)S(=O)(=O)NC(=O)C(C)C. The van der Waals surface area contributed by atoms with E-state index in [1.807, 2.05) is 4.72 Å². The second-order valence-corrected chi connectivity index (χ2v) is 7.68. The monoisotopic (exact) mass is 336 g/mol. The smallest absolute Gasteiger partial charge is 0.261 e. The Labute approximate surface area is 125 Å². The Morgan fingerprint density at radius 3 is 2.14 bits per heavy atom. The molecule has 3 N–H and O–H groups in total. The minimum absolute atomic E-state index is 0.281. The summed E-state index contributed by atoms with van der Waals surface area (Å²) in [5.74, 6) is -1.32. The fourth-order valence-corrected chi connectivity index (χ4v) is 3.98. The molecule has 0 aromatic heterocycles. The van der Waals surface area contributed by atoms with Crippen molar-refractivity contribution in [3.63, 3.8) is 0 Å². The Morgan fingerprint density at radius 1 is 1.29 bits per heavy atom. The second kappa shape index (κ2) is 7.53. The molecule has 120 valence electrons. The fraction of sp³-hybridized carbons (Fsp3) is 0.417. The highest BCUT2D eigenvalue weighted by atomic mass is 32.2. The van der Waals surface area contributed by atoms with Gasteiger partial charge in [0.1, 0.15) is 0 Å². The van der Waals surface area contributed by atoms with Crippen molar-refractivity contribution in [2.75, 3.05) is 0 Å². The Balaban J connectivity index is 6.21. The van der Waals surface area contributed by atoms with Crippen LogP contribution in [0.1, 0.15) is 27.2 Å². The van der Waals surface area contributed by atoms with Crippen LogP contribution in [0.5, 0.6) is 0 Å². The molecule has 0 atom stereocenters. The molecule has 0 aliphatic rings. The number of nitrogens with two attached hydrogens (primary N) is 1. The van der Waals surface area contributed by atoms with Crippen molar-refractivity contribution in [3.8, 4) is 0 Å². The highest BCUT2D eigenvalue weighted by Gasteiger charge is 2.27. The van der Waals surface area contributed by atoms with Crippen LogP contribution < -0.4 is 9.86 Å². The van der Waals surface area contributed by atoms with Gasteiger partial charge < -0.3 is 0 Å². The predicted molar refractivity (Wildman–Crippen MR) is 81.7 cm³/mol. The lowest BCUT2D eigenvalue weighted by molar-refractivity contribution is -0.122. The van der Waals surface area contributed by atoms with Gasteiger partial charge in [-0.15, -0.1) is 6.58 Å². The van der Waals surface area contributed by atoms with E-state index in [9.17, 15) is 21.6 Å². The number of amides is 1. The van der Waals surface area contributed by atoms with Gasteiger partial charge in [-0.1, -0.05) is 26.0 Å². The Kier molecular flexibility index (Phi) is 7.01. The molecule has 0 aromatic rings. The molecule has 0 rings (SSSR count). The van der Waals surface area contributed by atoms with Crippen molar-refractivity contribution in [1.82, 2.24) is 4.72 Å². The molecule has 0 bridgehead atoms. The van der Waals surface area contributed by atoms with Gasteiger partial charge in [0.2, 0.25) is 15.9 Å². The van der Waals surface area contributed by atoms with E-state index in [1.165, 1.54) is 32.9 Å². The lowest BCUT2D eigenvalue weighted by atomic mass is 10.2. The average molecular weight is 336 g/mol. The van der Waals surface area contributed by atoms with E-state index >= 15 is 0 Å². The van der Waals surface area contributed by atoms with Crippen molar-refractivity contribution in [3.05, 3.63) is 34.6 Å². The van der Waals surface area contributed by atoms with Crippen molar-refractivity contribution in [2.45, 2.75) is 27.2 Å². The molecule has 0 radical (unpaired) electrons. The van der Waals surface area contributed by atoms with E-state index in [0.29, 0.717) is 0 Å². The van der Waals surface area contributed by atoms with Gasteiger partial charge in [-0.25, -0.2) is 26.7 Å². The first kappa shape index (κ1) is 19.6. The number of allylic oxidation sites excluding steroid dienone is 4. The molecule has 0 aromatic carbocycles. The van der Waals surface area contributed by atoms with Gasteiger partial charge in [0.15, 0.2) is 0 Å². The molecule has 21 heavy (non-hydrogen) atoms. The van der Waals surface area contributed by atoms with Gasteiger partial charge in [-0.3, -0.25) is 4.79 Å². The van der Waals surface area contributed by atoms with Crippen molar-refractivity contribution >= 4 is 26.0 Å². The first-order valence-corrected chi connectivity index (χ1v) is 9.06. The zero-order valence-electron chi connectivity index (χ0n) is 12.2. The standard InChI is InChI=1S/C12H20N2O5S2/c1-5-7-10(20(13,16)17)11(8-6-2)21(18,19)14-12(15)9(3)4/h5-7,9H,2,8H2,1,3-4H3,(H,14,15)(H2,13,16,17)/b7-5-,11-10-. The molecule has 0 saturated carbocycles. The number of carbonyl (C=O) groups is 1. The zero-order valence-corrected chi connectivity index (χ0v) is 13.8. The first-order chi connectivity index (χ1) is 9.47. The second-order valence-electron chi connectivity index (χ2n) is 4.45. The van der Waals surface area contributed by atoms with E-state index in [-0.39, 0.29) is 6.42 Å². The van der Waals surface area contributed by atoms with Crippen molar-refractivity contribution in [2.24, 2.45) is 11.1 Å². The number of nitrogens with one attached hydrogen (secondary N) is 1. The molecule has 7 nitrogen and oxygen atoms in total.